The largest absolute Gasteiger partial charge is 0.478 e. The second-order valence-corrected chi connectivity index (χ2v) is 11.7. The van der Waals surface area contributed by atoms with E-state index in [-0.39, 0.29) is 11.6 Å². The molecular weight excluding hydrogens is 528 g/mol. The smallest absolute Gasteiger partial charge is 0.336 e. The Morgan fingerprint density at radius 3 is 2.56 bits per heavy atom. The van der Waals surface area contributed by atoms with Crippen LogP contribution in [0.25, 0.3) is 22.5 Å². The first kappa shape index (κ1) is 30.2. The normalized spacial score (nSPS) is 19.5. The monoisotopic (exact) mass is 568 g/mol. The molecule has 0 aromatic heterocycles. The molecule has 41 heavy (non-hydrogen) atoms. The van der Waals surface area contributed by atoms with Gasteiger partial charge in [0.05, 0.1) is 5.56 Å². The summed E-state index contributed by atoms with van der Waals surface area (Å²) in [6.45, 7) is 17.3. The zero-order chi connectivity index (χ0) is 29.7. The number of halogens is 1. The number of hydrogen-bond acceptors (Lipinski definition) is 3. The van der Waals surface area contributed by atoms with Gasteiger partial charge in [0.15, 0.2) is 0 Å². The summed E-state index contributed by atoms with van der Waals surface area (Å²) in [6, 6.07) is 11.2. The second-order valence-electron chi connectivity index (χ2n) is 11.3. The first-order valence-electron chi connectivity index (χ1n) is 14.4. The van der Waals surface area contributed by atoms with Gasteiger partial charge in [-0.25, -0.2) is 4.79 Å². The lowest BCUT2D eigenvalue weighted by molar-refractivity contribution is 0.0697. The van der Waals surface area contributed by atoms with Gasteiger partial charge in [0.1, 0.15) is 0 Å². The zero-order valence-corrected chi connectivity index (χ0v) is 25.3. The van der Waals surface area contributed by atoms with Gasteiger partial charge in [0, 0.05) is 45.2 Å². The summed E-state index contributed by atoms with van der Waals surface area (Å²) in [6.07, 6.45) is 15.8. The third kappa shape index (κ3) is 6.94. The average Bonchev–Trinajstić information content (AvgIpc) is 2.96. The van der Waals surface area contributed by atoms with E-state index in [9.17, 15) is 9.90 Å². The quantitative estimate of drug-likeness (QED) is 0.253. The highest BCUT2D eigenvalue weighted by atomic mass is 35.5. The molecule has 214 valence electrons. The van der Waals surface area contributed by atoms with E-state index in [0.29, 0.717) is 45.3 Å². The minimum Gasteiger partial charge on any atom is -0.478 e. The highest BCUT2D eigenvalue weighted by molar-refractivity contribution is 6.34. The molecule has 0 amide bonds. The Morgan fingerprint density at radius 1 is 1.12 bits per heavy atom. The predicted molar refractivity (Wildman–Crippen MR) is 173 cm³/mol. The molecule has 4 nitrogen and oxygen atoms in total. The van der Waals surface area contributed by atoms with Crippen LogP contribution in [-0.4, -0.2) is 17.1 Å². The van der Waals surface area contributed by atoms with Crippen LogP contribution in [0.1, 0.15) is 68.4 Å². The average molecular weight is 569 g/mol. The van der Waals surface area contributed by atoms with Crippen LogP contribution in [-0.2, 0) is 0 Å². The Labute approximate surface area is 249 Å². The van der Waals surface area contributed by atoms with E-state index in [2.05, 4.69) is 87.9 Å². The summed E-state index contributed by atoms with van der Waals surface area (Å²) < 4.78 is 0. The number of allylic oxidation sites excluding steroid dienone is 6. The third-order valence-corrected chi connectivity index (χ3v) is 8.56. The van der Waals surface area contributed by atoms with Crippen molar-refractivity contribution in [2.75, 3.05) is 0 Å². The van der Waals surface area contributed by atoms with E-state index in [0.717, 1.165) is 36.1 Å². The van der Waals surface area contributed by atoms with E-state index in [4.69, 9.17) is 11.6 Å². The molecule has 2 aromatic carbocycles. The van der Waals surface area contributed by atoms with Crippen LogP contribution >= 0.6 is 11.6 Å². The van der Waals surface area contributed by atoms with E-state index >= 15 is 0 Å². The molecule has 4 unspecified atom stereocenters. The number of carboxylic acid groups (broad SMARTS) is 1. The van der Waals surface area contributed by atoms with Crippen molar-refractivity contribution in [3.05, 3.63) is 119 Å². The lowest BCUT2D eigenvalue weighted by Gasteiger charge is -2.32. The molecule has 0 fully saturated rings. The van der Waals surface area contributed by atoms with Crippen molar-refractivity contribution in [3.8, 4) is 11.1 Å². The first-order valence-corrected chi connectivity index (χ1v) is 14.8. The first-order chi connectivity index (χ1) is 19.6. The Bertz CT molecular complexity index is 1460. The summed E-state index contributed by atoms with van der Waals surface area (Å²) in [4.78, 5) is 12.6. The number of nitrogens with one attached hydrogen (secondary N) is 2. The molecule has 5 heteroatoms. The molecule has 0 radical (unpaired) electrons. The molecule has 3 N–H and O–H groups in total. The van der Waals surface area contributed by atoms with Gasteiger partial charge in [0.2, 0.25) is 0 Å². The number of aromatic carboxylic acids is 1. The molecule has 4 atom stereocenters. The number of rotatable bonds is 11. The minimum atomic E-state index is -1.03. The number of carboxylic acids is 1. The van der Waals surface area contributed by atoms with Crippen LogP contribution in [0, 0.1) is 17.8 Å². The van der Waals surface area contributed by atoms with Crippen LogP contribution < -0.4 is 10.6 Å². The Balaban J connectivity index is 1.67. The van der Waals surface area contributed by atoms with Gasteiger partial charge >= 0.3 is 5.97 Å². The number of hydrogen-bond donors (Lipinski definition) is 3. The molecule has 2 aliphatic carbocycles. The zero-order valence-electron chi connectivity index (χ0n) is 24.5. The molecule has 0 saturated carbocycles. The molecule has 0 heterocycles. The van der Waals surface area contributed by atoms with Gasteiger partial charge in [-0.3, -0.25) is 0 Å². The summed E-state index contributed by atoms with van der Waals surface area (Å²) in [5.41, 5.74) is 6.46. The maximum atomic E-state index is 12.6. The molecule has 0 spiro atoms. The van der Waals surface area contributed by atoms with Crippen LogP contribution in [0.2, 0.25) is 5.02 Å². The van der Waals surface area contributed by atoms with Crippen molar-refractivity contribution >= 4 is 29.0 Å². The van der Waals surface area contributed by atoms with Crippen molar-refractivity contribution in [2.45, 2.75) is 53.0 Å². The summed E-state index contributed by atoms with van der Waals surface area (Å²) in [7, 11) is 0. The fraction of sp³-hybridized carbons (Fsp3) is 0.306. The molecule has 0 bridgehead atoms. The van der Waals surface area contributed by atoms with Crippen molar-refractivity contribution in [2.24, 2.45) is 17.8 Å². The summed E-state index contributed by atoms with van der Waals surface area (Å²) in [5, 5.41) is 17.9. The molecule has 0 aliphatic heterocycles. The van der Waals surface area contributed by atoms with Gasteiger partial charge < -0.3 is 15.7 Å². The van der Waals surface area contributed by atoms with Gasteiger partial charge in [-0.1, -0.05) is 107 Å². The molecule has 0 saturated heterocycles. The van der Waals surface area contributed by atoms with Crippen LogP contribution in [0.3, 0.4) is 0 Å². The van der Waals surface area contributed by atoms with Gasteiger partial charge in [-0.05, 0) is 66.5 Å². The van der Waals surface area contributed by atoms with Crippen molar-refractivity contribution in [1.29, 1.82) is 0 Å². The number of benzene rings is 2. The van der Waals surface area contributed by atoms with E-state index < -0.39 is 5.97 Å². The van der Waals surface area contributed by atoms with Gasteiger partial charge in [-0.2, -0.15) is 0 Å². The topological polar surface area (TPSA) is 61.4 Å². The molecular formula is C36H41ClN2O2. The molecule has 2 aliphatic rings. The molecule has 2 aromatic rings. The van der Waals surface area contributed by atoms with Crippen molar-refractivity contribution in [1.82, 2.24) is 10.6 Å². The highest BCUT2D eigenvalue weighted by Gasteiger charge is 2.26. The van der Waals surface area contributed by atoms with Gasteiger partial charge in [-0.15, -0.1) is 0 Å². The Morgan fingerprint density at radius 2 is 1.90 bits per heavy atom. The SMILES string of the molecule is C=C(NC(C(C)CC)C1C=CC=CC1)c1ccc(-c2c(Cl)cccc2C(=C)NC2=C(C)CC(C)C=C2)c(C(=O)O)c1. The van der Waals surface area contributed by atoms with E-state index in [1.807, 2.05) is 24.3 Å². The lowest BCUT2D eigenvalue weighted by atomic mass is 9.83. The van der Waals surface area contributed by atoms with E-state index in [1.54, 1.807) is 12.1 Å². The Kier molecular flexibility index (Phi) is 9.77. The Hall–Kier alpha value is -3.76. The standard InChI is InChI=1S/C36H41ClN2O2/c1-7-23(3)35(27-12-9-8-10-13-27)39-25(5)28-17-18-30(31(21-28)36(40)41)34-29(14-11-15-32(34)37)26(6)38-33-19-16-22(2)20-24(33)4/h8-12,14-19,21-23,27,35,38-39H,5-7,13,20H2,1-4H3,(H,40,41). The fourth-order valence-electron chi connectivity index (χ4n) is 5.69. The second kappa shape index (κ2) is 13.3. The van der Waals surface area contributed by atoms with Crippen molar-refractivity contribution in [3.63, 3.8) is 0 Å². The molecule has 4 rings (SSSR count). The van der Waals surface area contributed by atoms with E-state index in [1.165, 1.54) is 5.57 Å². The predicted octanol–water partition coefficient (Wildman–Crippen LogP) is 9.24. The minimum absolute atomic E-state index is 0.162. The van der Waals surface area contributed by atoms with Gasteiger partial charge in [0.25, 0.3) is 0 Å². The summed E-state index contributed by atoms with van der Waals surface area (Å²) in [5.74, 6) is 0.222. The third-order valence-electron chi connectivity index (χ3n) is 8.24. The number of carbonyl (C=O) groups is 1. The highest BCUT2D eigenvalue weighted by Crippen LogP contribution is 2.38. The maximum Gasteiger partial charge on any atom is 0.336 e. The fourth-order valence-corrected chi connectivity index (χ4v) is 5.97. The summed E-state index contributed by atoms with van der Waals surface area (Å²) >= 11 is 6.75. The maximum absolute atomic E-state index is 12.6. The lowest BCUT2D eigenvalue weighted by Crippen LogP contribution is -2.39. The van der Waals surface area contributed by atoms with Crippen LogP contribution in [0.5, 0.6) is 0 Å². The van der Waals surface area contributed by atoms with Crippen molar-refractivity contribution < 1.29 is 9.90 Å². The van der Waals surface area contributed by atoms with Crippen LogP contribution in [0.15, 0.2) is 97.3 Å². The van der Waals surface area contributed by atoms with Crippen LogP contribution in [0.4, 0.5) is 0 Å².